The molecule has 0 aliphatic heterocycles. The third-order valence-electron chi connectivity index (χ3n) is 0. The molecule has 0 amide bonds. The maximum Gasteiger partial charge on any atom is 0.394 e. The fourth-order valence-electron chi connectivity index (χ4n) is 0. The largest absolute Gasteiger partial charge is 0.412 e. The van der Waals surface area contributed by atoms with E-state index in [1.54, 1.807) is 0 Å². The molecule has 53 valence electrons. The summed E-state index contributed by atoms with van der Waals surface area (Å²) in [4.78, 5) is 0. The Hall–Kier alpha value is 0.882. The second-order valence-corrected chi connectivity index (χ2v) is 1.34. The molecule has 0 aliphatic carbocycles. The minimum atomic E-state index is -4.67. The summed E-state index contributed by atoms with van der Waals surface area (Å²) in [6, 6.07) is 0. The van der Waals surface area contributed by atoms with Crippen LogP contribution in [0.15, 0.2) is 0 Å². The van der Waals surface area contributed by atoms with Crippen LogP contribution < -0.4 is 0 Å². The molecule has 0 aromatic heterocycles. The molecule has 0 unspecified atom stereocenters. The van der Waals surface area contributed by atoms with Gasteiger partial charge in [0.2, 0.25) is 0 Å². The van der Waals surface area contributed by atoms with E-state index >= 15 is 0 Å². The summed E-state index contributed by atoms with van der Waals surface area (Å²) < 4.78 is 31.6. The first-order valence-corrected chi connectivity index (χ1v) is 2.10. The Morgan fingerprint density at radius 1 is 1.12 bits per heavy atom. The van der Waals surface area contributed by atoms with E-state index in [0.29, 0.717) is 0 Å². The Kier molecular flexibility index (Phi) is 22.8. The molecule has 0 bridgehead atoms. The van der Waals surface area contributed by atoms with Crippen molar-refractivity contribution >= 4 is 27.8 Å². The van der Waals surface area contributed by atoms with Gasteiger partial charge in [0.1, 0.15) is 0 Å². The Bertz CT molecular complexity index is 95.6. The summed E-state index contributed by atoms with van der Waals surface area (Å²) in [5.74, 6) is 0. The fraction of sp³-hybridized carbons (Fsp3) is 0. The van der Waals surface area contributed by atoms with Gasteiger partial charge in [-0.15, -0.1) is 0 Å². The molecule has 4 N–H and O–H groups in total. The number of rotatable bonds is 0. The SMILES string of the molecule is O.O=S(=O)(O)O.[AlH3].[Mn]. The molecule has 8 heavy (non-hydrogen) atoms. The number of hydrogen-bond acceptors (Lipinski definition) is 2. The van der Waals surface area contributed by atoms with Gasteiger partial charge in [-0.05, 0) is 0 Å². The van der Waals surface area contributed by atoms with Gasteiger partial charge in [0.15, 0.2) is 17.4 Å². The maximum atomic E-state index is 8.74. The summed E-state index contributed by atoms with van der Waals surface area (Å²) in [6.45, 7) is 0. The van der Waals surface area contributed by atoms with Gasteiger partial charge in [-0.3, -0.25) is 9.11 Å². The van der Waals surface area contributed by atoms with E-state index in [1.165, 1.54) is 0 Å². The second kappa shape index (κ2) is 7.88. The second-order valence-electron chi connectivity index (χ2n) is 0.448. The van der Waals surface area contributed by atoms with Crippen molar-refractivity contribution in [2.45, 2.75) is 0 Å². The van der Waals surface area contributed by atoms with Crippen molar-refractivity contribution < 1.29 is 40.1 Å². The number of hydrogen-bond donors (Lipinski definition) is 2. The van der Waals surface area contributed by atoms with E-state index < -0.39 is 10.4 Å². The van der Waals surface area contributed by atoms with Gasteiger partial charge < -0.3 is 5.48 Å². The maximum absolute atomic E-state index is 8.74. The molecule has 5 nitrogen and oxygen atoms in total. The summed E-state index contributed by atoms with van der Waals surface area (Å²) in [5, 5.41) is 0. The minimum absolute atomic E-state index is 0. The zero-order chi connectivity index (χ0) is 4.50. The van der Waals surface area contributed by atoms with E-state index in [4.69, 9.17) is 17.5 Å². The zero-order valence-electron chi connectivity index (χ0n) is 3.00. The van der Waals surface area contributed by atoms with Crippen LogP contribution in [0.5, 0.6) is 0 Å². The topological polar surface area (TPSA) is 106 Å². The van der Waals surface area contributed by atoms with Crippen molar-refractivity contribution in [3.05, 3.63) is 0 Å². The predicted octanol–water partition coefficient (Wildman–Crippen LogP) is -2.66. The van der Waals surface area contributed by atoms with Crippen molar-refractivity contribution in [2.75, 3.05) is 0 Å². The van der Waals surface area contributed by atoms with Crippen molar-refractivity contribution in [2.24, 2.45) is 0 Å². The molecule has 0 aromatic rings. The third-order valence-corrected chi connectivity index (χ3v) is 0. The van der Waals surface area contributed by atoms with Crippen LogP contribution >= 0.6 is 0 Å². The van der Waals surface area contributed by atoms with Gasteiger partial charge in [-0.1, -0.05) is 0 Å². The third kappa shape index (κ3) is 306. The fourth-order valence-corrected chi connectivity index (χ4v) is 0. The van der Waals surface area contributed by atoms with Crippen LogP contribution in [0.25, 0.3) is 0 Å². The standard InChI is InChI=1S/Al.Mn.H2O4S.H2O.3H/c;;1-5(2,3)4;;;;/h;;(H2,1,2,3,4);1H2;;;. The molecule has 0 aliphatic rings. The van der Waals surface area contributed by atoms with Gasteiger partial charge in [-0.25, -0.2) is 0 Å². The van der Waals surface area contributed by atoms with Crippen molar-refractivity contribution in [3.63, 3.8) is 0 Å². The molecule has 0 aromatic carbocycles. The van der Waals surface area contributed by atoms with E-state index in [9.17, 15) is 0 Å². The van der Waals surface area contributed by atoms with E-state index in [2.05, 4.69) is 0 Å². The van der Waals surface area contributed by atoms with Crippen molar-refractivity contribution in [3.8, 4) is 0 Å². The summed E-state index contributed by atoms with van der Waals surface area (Å²) in [5.41, 5.74) is 0. The van der Waals surface area contributed by atoms with E-state index in [0.717, 1.165) is 0 Å². The van der Waals surface area contributed by atoms with Crippen LogP contribution in [0.2, 0.25) is 0 Å². The van der Waals surface area contributed by atoms with Crippen molar-refractivity contribution in [1.82, 2.24) is 0 Å². The van der Waals surface area contributed by atoms with Gasteiger partial charge >= 0.3 is 10.4 Å². The van der Waals surface area contributed by atoms with Crippen molar-refractivity contribution in [1.29, 1.82) is 0 Å². The molecule has 8 heteroatoms. The monoisotopic (exact) mass is 201 g/mol. The van der Waals surface area contributed by atoms with Crippen LogP contribution in [0.1, 0.15) is 0 Å². The Balaban J connectivity index is -0.0000000267. The zero-order valence-corrected chi connectivity index (χ0v) is 4.99. The first kappa shape index (κ1) is 23.2. The van der Waals surface area contributed by atoms with Crippen LogP contribution in [0.4, 0.5) is 0 Å². The first-order chi connectivity index (χ1) is 2.00. The summed E-state index contributed by atoms with van der Waals surface area (Å²) in [6.07, 6.45) is 0. The molecule has 0 atom stereocenters. The predicted molar refractivity (Wildman–Crippen MR) is 27.7 cm³/mol. The average molecular weight is 201 g/mol. The van der Waals surface area contributed by atoms with Crippen LogP contribution in [0.3, 0.4) is 0 Å². The van der Waals surface area contributed by atoms with Gasteiger partial charge in [0.25, 0.3) is 0 Å². The summed E-state index contributed by atoms with van der Waals surface area (Å²) >= 11 is 0. The first-order valence-electron chi connectivity index (χ1n) is 0.698. The molecule has 0 spiro atoms. The molecule has 0 saturated heterocycles. The normalized spacial score (nSPS) is 7.25. The van der Waals surface area contributed by atoms with Crippen LogP contribution in [0, 0.1) is 0 Å². The molecule has 0 heterocycles. The van der Waals surface area contributed by atoms with Gasteiger partial charge in [0.05, 0.1) is 0 Å². The van der Waals surface area contributed by atoms with Gasteiger partial charge in [0, 0.05) is 17.1 Å². The quantitative estimate of drug-likeness (QED) is 0.329. The molecule has 1 radical (unpaired) electrons. The van der Waals surface area contributed by atoms with Crippen LogP contribution in [-0.4, -0.2) is 40.4 Å². The molecule has 0 fully saturated rings. The molecular weight excluding hydrogens is 194 g/mol. The Labute approximate surface area is 68.0 Å². The smallest absolute Gasteiger partial charge is 0.394 e. The molecule has 0 saturated carbocycles. The minimum Gasteiger partial charge on any atom is -0.412 e. The average Bonchev–Trinajstić information content (AvgIpc) is 0.722. The Morgan fingerprint density at radius 2 is 1.12 bits per heavy atom. The van der Waals surface area contributed by atoms with Crippen LogP contribution in [-0.2, 0) is 27.5 Å². The summed E-state index contributed by atoms with van der Waals surface area (Å²) in [7, 11) is -4.67. The van der Waals surface area contributed by atoms with E-state index in [1.807, 2.05) is 0 Å². The molecular formula is H7AlMnO5S. The van der Waals surface area contributed by atoms with E-state index in [-0.39, 0.29) is 39.9 Å². The Morgan fingerprint density at radius 3 is 1.12 bits per heavy atom. The van der Waals surface area contributed by atoms with Gasteiger partial charge in [-0.2, -0.15) is 8.42 Å². The molecule has 0 rings (SSSR count).